The summed E-state index contributed by atoms with van der Waals surface area (Å²) in [6.45, 7) is 1.45. The summed E-state index contributed by atoms with van der Waals surface area (Å²) in [5.41, 5.74) is 0.468. The predicted molar refractivity (Wildman–Crippen MR) is 116 cm³/mol. The number of nitro groups is 1. The van der Waals surface area contributed by atoms with Gasteiger partial charge in [0.2, 0.25) is 5.78 Å². The quantitative estimate of drug-likeness (QED) is 0.186. The Morgan fingerprint density at radius 3 is 2.15 bits per heavy atom. The maximum Gasteiger partial charge on any atom is 0.338 e. The van der Waals surface area contributed by atoms with Crippen LogP contribution in [0.4, 0.5) is 11.4 Å². The molecule has 3 aromatic carbocycles. The van der Waals surface area contributed by atoms with E-state index >= 15 is 0 Å². The molecular formula is C24H16N2O7. The molecule has 0 N–H and O–H groups in total. The number of nitro benzene ring substituents is 1. The van der Waals surface area contributed by atoms with Crippen LogP contribution in [0, 0.1) is 10.1 Å². The zero-order chi connectivity index (χ0) is 23.7. The number of ketones is 1. The lowest BCUT2D eigenvalue weighted by molar-refractivity contribution is -0.384. The Balaban J connectivity index is 1.54. The minimum Gasteiger partial charge on any atom is -0.451 e. The van der Waals surface area contributed by atoms with Gasteiger partial charge in [-0.2, -0.15) is 0 Å². The van der Waals surface area contributed by atoms with E-state index in [2.05, 4.69) is 0 Å². The van der Waals surface area contributed by atoms with E-state index in [0.29, 0.717) is 5.56 Å². The van der Waals surface area contributed by atoms with Gasteiger partial charge in [-0.15, -0.1) is 0 Å². The van der Waals surface area contributed by atoms with Gasteiger partial charge in [-0.25, -0.2) is 9.69 Å². The molecule has 0 saturated carbocycles. The molecule has 1 aliphatic heterocycles. The zero-order valence-electron chi connectivity index (χ0n) is 17.3. The number of carbonyl (C=O) groups is 4. The monoisotopic (exact) mass is 444 g/mol. The Morgan fingerprint density at radius 1 is 0.879 bits per heavy atom. The molecule has 33 heavy (non-hydrogen) atoms. The second-order valence-corrected chi connectivity index (χ2v) is 7.26. The van der Waals surface area contributed by atoms with Crippen molar-refractivity contribution in [1.29, 1.82) is 0 Å². The first-order valence-electron chi connectivity index (χ1n) is 9.85. The summed E-state index contributed by atoms with van der Waals surface area (Å²) >= 11 is 0. The number of ether oxygens (including phenoxy) is 1. The van der Waals surface area contributed by atoms with Crippen LogP contribution in [0.2, 0.25) is 0 Å². The minimum absolute atomic E-state index is 0.00478. The van der Waals surface area contributed by atoms with Gasteiger partial charge in [0.15, 0.2) is 6.10 Å². The molecule has 0 saturated heterocycles. The molecule has 2 amide bonds. The number of amides is 2. The average molecular weight is 444 g/mol. The first-order valence-corrected chi connectivity index (χ1v) is 9.85. The molecule has 0 aromatic heterocycles. The summed E-state index contributed by atoms with van der Waals surface area (Å²) in [6.07, 6.45) is -1.05. The van der Waals surface area contributed by atoms with Crippen molar-refractivity contribution < 1.29 is 28.8 Å². The van der Waals surface area contributed by atoms with E-state index in [1.807, 2.05) is 0 Å². The fraction of sp³-hybridized carbons (Fsp3) is 0.0833. The van der Waals surface area contributed by atoms with Gasteiger partial charge in [0.1, 0.15) is 0 Å². The molecule has 9 nitrogen and oxygen atoms in total. The first kappa shape index (κ1) is 21.6. The lowest BCUT2D eigenvalue weighted by Gasteiger charge is -2.13. The Labute approximate surface area is 187 Å². The molecule has 4 rings (SSSR count). The number of nitrogens with zero attached hydrogens (tertiary/aromatic N) is 2. The molecule has 3 aromatic rings. The van der Waals surface area contributed by atoms with Gasteiger partial charge in [-0.3, -0.25) is 24.5 Å². The van der Waals surface area contributed by atoms with Crippen molar-refractivity contribution in [2.24, 2.45) is 0 Å². The van der Waals surface area contributed by atoms with Crippen LogP contribution in [0.3, 0.4) is 0 Å². The molecule has 0 spiro atoms. The summed E-state index contributed by atoms with van der Waals surface area (Å²) in [5, 5.41) is 10.8. The van der Waals surface area contributed by atoms with Crippen LogP contribution in [0.1, 0.15) is 48.4 Å². The van der Waals surface area contributed by atoms with E-state index in [9.17, 15) is 29.3 Å². The molecule has 0 fully saturated rings. The van der Waals surface area contributed by atoms with Crippen molar-refractivity contribution in [3.05, 3.63) is 105 Å². The molecule has 0 bridgehead atoms. The summed E-state index contributed by atoms with van der Waals surface area (Å²) in [4.78, 5) is 61.8. The van der Waals surface area contributed by atoms with Crippen LogP contribution in [0.5, 0.6) is 0 Å². The standard InChI is InChI=1S/C24H16N2O7/c1-14(21(27)15-5-3-2-4-6-15)33-24(30)16-7-12-19-20(13-16)23(29)25(22(19)28)17-8-10-18(11-9-17)26(31)32/h2-14H,1H3/t14-/m1/s1. The number of imide groups is 1. The van der Waals surface area contributed by atoms with E-state index in [1.165, 1.54) is 49.4 Å². The third kappa shape index (κ3) is 3.99. The van der Waals surface area contributed by atoms with Crippen molar-refractivity contribution >= 4 is 34.9 Å². The Kier molecular flexibility index (Phi) is 5.53. The number of hydrogen-bond acceptors (Lipinski definition) is 7. The van der Waals surface area contributed by atoms with E-state index in [0.717, 1.165) is 4.90 Å². The normalized spacial score (nSPS) is 13.4. The van der Waals surface area contributed by atoms with E-state index < -0.39 is 28.8 Å². The number of anilines is 1. The molecule has 9 heteroatoms. The van der Waals surface area contributed by atoms with Crippen LogP contribution < -0.4 is 4.90 Å². The topological polar surface area (TPSA) is 124 Å². The average Bonchev–Trinajstić information content (AvgIpc) is 3.08. The number of esters is 1. The largest absolute Gasteiger partial charge is 0.451 e. The summed E-state index contributed by atoms with van der Waals surface area (Å²) < 4.78 is 5.26. The molecule has 1 atom stereocenters. The minimum atomic E-state index is -1.05. The van der Waals surface area contributed by atoms with E-state index in [1.54, 1.807) is 30.3 Å². The first-order chi connectivity index (χ1) is 15.8. The maximum absolute atomic E-state index is 12.9. The smallest absolute Gasteiger partial charge is 0.338 e. The second-order valence-electron chi connectivity index (χ2n) is 7.26. The maximum atomic E-state index is 12.9. The highest BCUT2D eigenvalue weighted by Gasteiger charge is 2.37. The molecule has 0 aliphatic carbocycles. The van der Waals surface area contributed by atoms with Gasteiger partial charge in [0.05, 0.1) is 27.3 Å². The van der Waals surface area contributed by atoms with Crippen LogP contribution >= 0.6 is 0 Å². The zero-order valence-corrected chi connectivity index (χ0v) is 17.3. The van der Waals surface area contributed by atoms with Crippen LogP contribution in [-0.2, 0) is 4.74 Å². The van der Waals surface area contributed by atoms with Gasteiger partial charge in [0, 0.05) is 17.7 Å². The van der Waals surface area contributed by atoms with Gasteiger partial charge in [0.25, 0.3) is 17.5 Å². The van der Waals surface area contributed by atoms with Crippen molar-refractivity contribution in [2.45, 2.75) is 13.0 Å². The number of non-ortho nitro benzene ring substituents is 1. The molecule has 1 heterocycles. The van der Waals surface area contributed by atoms with Gasteiger partial charge in [-0.05, 0) is 37.3 Å². The van der Waals surface area contributed by atoms with Crippen LogP contribution in [0.25, 0.3) is 0 Å². The highest BCUT2D eigenvalue weighted by Crippen LogP contribution is 2.30. The third-order valence-corrected chi connectivity index (χ3v) is 5.15. The second kappa shape index (κ2) is 8.46. The van der Waals surface area contributed by atoms with Crippen molar-refractivity contribution in [3.8, 4) is 0 Å². The van der Waals surface area contributed by atoms with E-state index in [-0.39, 0.29) is 33.8 Å². The number of benzene rings is 3. The number of carbonyl (C=O) groups excluding carboxylic acids is 4. The molecule has 1 aliphatic rings. The number of rotatable bonds is 6. The van der Waals surface area contributed by atoms with Gasteiger partial charge >= 0.3 is 5.97 Å². The van der Waals surface area contributed by atoms with Crippen LogP contribution in [-0.4, -0.2) is 34.6 Å². The Morgan fingerprint density at radius 2 is 1.52 bits per heavy atom. The molecule has 0 radical (unpaired) electrons. The molecular weight excluding hydrogens is 428 g/mol. The highest BCUT2D eigenvalue weighted by atomic mass is 16.6. The molecule has 0 unspecified atom stereocenters. The Bertz CT molecular complexity index is 1300. The number of fused-ring (bicyclic) bond motifs is 1. The Hall–Kier alpha value is -4.66. The van der Waals surface area contributed by atoms with Crippen LogP contribution in [0.15, 0.2) is 72.8 Å². The fourth-order valence-corrected chi connectivity index (χ4v) is 3.44. The summed E-state index contributed by atoms with van der Waals surface area (Å²) in [5.74, 6) is -2.48. The van der Waals surface area contributed by atoms with Crippen molar-refractivity contribution in [3.63, 3.8) is 0 Å². The lowest BCUT2D eigenvalue weighted by atomic mass is 10.1. The summed E-state index contributed by atoms with van der Waals surface area (Å²) in [7, 11) is 0. The number of Topliss-reactive ketones (excluding diaryl/α,β-unsaturated/α-hetero) is 1. The lowest BCUT2D eigenvalue weighted by Crippen LogP contribution is -2.29. The predicted octanol–water partition coefficient (Wildman–Crippen LogP) is 3.82. The summed E-state index contributed by atoms with van der Waals surface area (Å²) in [6, 6.07) is 17.3. The van der Waals surface area contributed by atoms with Crippen molar-refractivity contribution in [2.75, 3.05) is 4.90 Å². The highest BCUT2D eigenvalue weighted by molar-refractivity contribution is 6.34. The molecule has 164 valence electrons. The van der Waals surface area contributed by atoms with Gasteiger partial charge in [-0.1, -0.05) is 30.3 Å². The SMILES string of the molecule is C[C@@H](OC(=O)c1ccc2c(c1)C(=O)N(c1ccc([N+](=O)[O-])cc1)C2=O)C(=O)c1ccccc1. The van der Waals surface area contributed by atoms with Gasteiger partial charge < -0.3 is 4.74 Å². The third-order valence-electron chi connectivity index (χ3n) is 5.15. The fourth-order valence-electron chi connectivity index (χ4n) is 3.44. The van der Waals surface area contributed by atoms with Crippen molar-refractivity contribution in [1.82, 2.24) is 0 Å². The number of hydrogen-bond donors (Lipinski definition) is 0. The van der Waals surface area contributed by atoms with E-state index in [4.69, 9.17) is 4.74 Å².